The van der Waals surface area contributed by atoms with E-state index in [1.165, 1.54) is 18.2 Å². The zero-order chi connectivity index (χ0) is 46.0. The van der Waals surface area contributed by atoms with Gasteiger partial charge in [0.25, 0.3) is 0 Å². The fraction of sp³-hybridized carbons (Fsp3) is 0. The molecule has 270 valence electrons. The Kier molecular flexibility index (Phi) is 5.61. The maximum absolute atomic E-state index is 9.59. The quantitative estimate of drug-likeness (QED) is 0.164. The Morgan fingerprint density at radius 2 is 1.07 bits per heavy atom. The summed E-state index contributed by atoms with van der Waals surface area (Å²) in [7, 11) is 0. The molecule has 0 N–H and O–H groups in total. The van der Waals surface area contributed by atoms with Crippen LogP contribution in [0.2, 0.25) is 0 Å². The first-order valence-electron chi connectivity index (χ1n) is 23.3. The van der Waals surface area contributed by atoms with Gasteiger partial charge in [0.05, 0.1) is 29.1 Å². The normalized spacial score (nSPS) is 14.0. The summed E-state index contributed by atoms with van der Waals surface area (Å²) in [6.45, 7) is 0. The van der Waals surface area contributed by atoms with E-state index in [1.807, 2.05) is 103 Å². The van der Waals surface area contributed by atoms with Crippen LogP contribution < -0.4 is 0 Å². The van der Waals surface area contributed by atoms with E-state index in [0.29, 0.717) is 45.1 Å². The molecule has 0 amide bonds. The lowest BCUT2D eigenvalue weighted by molar-refractivity contribution is 1.07. The van der Waals surface area contributed by atoms with Crippen LogP contribution >= 0.6 is 11.3 Å². The molecule has 12 aromatic rings. The van der Waals surface area contributed by atoms with Crippen molar-refractivity contribution in [2.45, 2.75) is 0 Å². The molecule has 3 aromatic heterocycles. The predicted molar refractivity (Wildman–Crippen MR) is 244 cm³/mol. The second-order valence-corrected chi connectivity index (χ2v) is 15.1. The molecule has 0 aliphatic heterocycles. The SMILES string of the molecule is [2H]c1cc2c3cc([2H])c([2H])c([2H])c3c3c(c2c([2H])c1[2H])c1c([2H])c([2H])cc([2H])c1n3-c1ccc(-c2nc(-c3ccccc3)nc(-c3ccccc3)n2)cc1-c1cccc2c1sc1ccccc12. The standard InChI is InChI=1S/C53H32N4S/c1-3-16-33(17-4-1)51-54-52(34-18-5-2-6-19-34)56-53(55-51)35-30-31-46(44(32-35)42-27-15-26-41-38-22-12-14-29-47(38)58-50(41)42)57-45-28-13-11-25-43(45)48-39-23-9-7-20-36(39)37-21-8-10-24-40(37)49(48)57/h1-32H/i7D,8D,9D,10D,11D,23D,24D,25D,28D. The fourth-order valence-electron chi connectivity index (χ4n) is 8.25. The average Bonchev–Trinajstić information content (AvgIpc) is 3.91. The molecule has 12 rings (SSSR count). The third-order valence-electron chi connectivity index (χ3n) is 10.8. The maximum atomic E-state index is 9.59. The van der Waals surface area contributed by atoms with Gasteiger partial charge < -0.3 is 4.57 Å². The van der Waals surface area contributed by atoms with Gasteiger partial charge in [0.2, 0.25) is 0 Å². The third-order valence-corrected chi connectivity index (χ3v) is 12.0. The van der Waals surface area contributed by atoms with Gasteiger partial charge in [0, 0.05) is 64.1 Å². The Morgan fingerprint density at radius 3 is 1.83 bits per heavy atom. The van der Waals surface area contributed by atoms with Crippen molar-refractivity contribution >= 4 is 74.9 Å². The molecular weight excluding hydrogens is 725 g/mol. The molecule has 0 atom stereocenters. The first-order chi connectivity index (χ1) is 32.5. The van der Waals surface area contributed by atoms with Gasteiger partial charge in [-0.15, -0.1) is 11.3 Å². The monoisotopic (exact) mass is 765 g/mol. The van der Waals surface area contributed by atoms with Crippen molar-refractivity contribution in [1.29, 1.82) is 0 Å². The topological polar surface area (TPSA) is 43.6 Å². The molecular formula is C53H32N4S. The van der Waals surface area contributed by atoms with Crippen LogP contribution in [-0.4, -0.2) is 19.5 Å². The van der Waals surface area contributed by atoms with E-state index in [1.54, 1.807) is 15.9 Å². The number of hydrogen-bond donors (Lipinski definition) is 0. The smallest absolute Gasteiger partial charge is 0.164 e. The molecule has 5 heteroatoms. The Labute approximate surface area is 350 Å². The minimum absolute atomic E-state index is 0.0921. The Morgan fingerprint density at radius 1 is 0.431 bits per heavy atom. The van der Waals surface area contributed by atoms with Crippen LogP contribution in [0.5, 0.6) is 0 Å². The predicted octanol–water partition coefficient (Wildman–Crippen LogP) is 14.3. The van der Waals surface area contributed by atoms with Crippen molar-refractivity contribution < 1.29 is 12.3 Å². The lowest BCUT2D eigenvalue weighted by Crippen LogP contribution is -2.02. The average molecular weight is 766 g/mol. The summed E-state index contributed by atoms with van der Waals surface area (Å²) in [5, 5.41) is 3.57. The van der Waals surface area contributed by atoms with Crippen LogP contribution in [-0.2, 0) is 0 Å². The third kappa shape index (κ3) is 5.04. The maximum Gasteiger partial charge on any atom is 0.164 e. The van der Waals surface area contributed by atoms with Crippen molar-refractivity contribution in [1.82, 2.24) is 19.5 Å². The number of para-hydroxylation sites is 1. The molecule has 0 spiro atoms. The van der Waals surface area contributed by atoms with Gasteiger partial charge in [-0.1, -0.05) is 164 Å². The molecule has 0 unspecified atom stereocenters. The second kappa shape index (κ2) is 13.1. The molecule has 9 aromatic carbocycles. The largest absolute Gasteiger partial charge is 0.308 e. The number of fused-ring (bicyclic) bond motifs is 11. The summed E-state index contributed by atoms with van der Waals surface area (Å²) < 4.78 is 86.0. The summed E-state index contributed by atoms with van der Waals surface area (Å²) in [6.07, 6.45) is 0. The Balaban J connectivity index is 1.28. The lowest BCUT2D eigenvalue weighted by atomic mass is 9.96. The fourth-order valence-corrected chi connectivity index (χ4v) is 9.48. The summed E-state index contributed by atoms with van der Waals surface area (Å²) in [5.74, 6) is 1.36. The molecule has 0 saturated heterocycles. The van der Waals surface area contributed by atoms with E-state index >= 15 is 0 Å². The van der Waals surface area contributed by atoms with Gasteiger partial charge in [0.1, 0.15) is 0 Å². The highest BCUT2D eigenvalue weighted by Crippen LogP contribution is 2.47. The van der Waals surface area contributed by atoms with Crippen LogP contribution in [0.1, 0.15) is 12.3 Å². The number of rotatable bonds is 5. The van der Waals surface area contributed by atoms with Crippen LogP contribution in [0.3, 0.4) is 0 Å². The van der Waals surface area contributed by atoms with Gasteiger partial charge in [-0.25, -0.2) is 15.0 Å². The summed E-state index contributed by atoms with van der Waals surface area (Å²) in [6, 6.07) is 41.4. The van der Waals surface area contributed by atoms with Crippen LogP contribution in [0, 0.1) is 0 Å². The molecule has 3 heterocycles. The summed E-state index contributed by atoms with van der Waals surface area (Å²) >= 11 is 1.64. The van der Waals surface area contributed by atoms with Crippen molar-refractivity contribution in [3.63, 3.8) is 0 Å². The van der Waals surface area contributed by atoms with Crippen molar-refractivity contribution in [3.8, 4) is 51.0 Å². The minimum atomic E-state index is -0.355. The van der Waals surface area contributed by atoms with E-state index in [0.717, 1.165) is 36.9 Å². The molecule has 4 nitrogen and oxygen atoms in total. The van der Waals surface area contributed by atoms with E-state index < -0.39 is 0 Å². The number of thiophene rings is 1. The summed E-state index contributed by atoms with van der Waals surface area (Å²) in [5.41, 5.74) is 4.80. The lowest BCUT2D eigenvalue weighted by Gasteiger charge is -2.18. The number of aromatic nitrogens is 4. The van der Waals surface area contributed by atoms with E-state index in [-0.39, 0.29) is 87.0 Å². The van der Waals surface area contributed by atoms with Gasteiger partial charge in [0.15, 0.2) is 17.5 Å². The van der Waals surface area contributed by atoms with Crippen molar-refractivity contribution in [2.24, 2.45) is 0 Å². The van der Waals surface area contributed by atoms with Gasteiger partial charge in [-0.05, 0) is 46.5 Å². The zero-order valence-corrected chi connectivity index (χ0v) is 31.3. The molecule has 0 aliphatic rings. The van der Waals surface area contributed by atoms with E-state index in [9.17, 15) is 5.48 Å². The highest BCUT2D eigenvalue weighted by molar-refractivity contribution is 7.26. The number of hydrogen-bond acceptors (Lipinski definition) is 4. The van der Waals surface area contributed by atoms with Crippen molar-refractivity contribution in [3.05, 3.63) is 194 Å². The van der Waals surface area contributed by atoms with Crippen LogP contribution in [0.4, 0.5) is 0 Å². The first-order valence-corrected chi connectivity index (χ1v) is 19.6. The van der Waals surface area contributed by atoms with E-state index in [2.05, 4.69) is 18.2 Å². The molecule has 0 aliphatic carbocycles. The van der Waals surface area contributed by atoms with Crippen molar-refractivity contribution in [2.75, 3.05) is 0 Å². The van der Waals surface area contributed by atoms with Gasteiger partial charge >= 0.3 is 0 Å². The Bertz CT molecular complexity index is 4040. The minimum Gasteiger partial charge on any atom is -0.308 e. The Hall–Kier alpha value is -7.47. The molecule has 58 heavy (non-hydrogen) atoms. The number of benzene rings is 9. The van der Waals surface area contributed by atoms with Gasteiger partial charge in [-0.3, -0.25) is 0 Å². The molecule has 0 saturated carbocycles. The zero-order valence-electron chi connectivity index (χ0n) is 39.5. The van der Waals surface area contributed by atoms with E-state index in [4.69, 9.17) is 21.8 Å². The first kappa shape index (κ1) is 24.9. The molecule has 0 fully saturated rings. The van der Waals surface area contributed by atoms with Crippen LogP contribution in [0.25, 0.3) is 115 Å². The summed E-state index contributed by atoms with van der Waals surface area (Å²) in [4.78, 5) is 15.1. The number of nitrogens with zero attached hydrogens (tertiary/aromatic N) is 4. The highest BCUT2D eigenvalue weighted by atomic mass is 32.1. The molecule has 0 bridgehead atoms. The van der Waals surface area contributed by atoms with Crippen LogP contribution in [0.15, 0.2) is 194 Å². The second-order valence-electron chi connectivity index (χ2n) is 14.0. The van der Waals surface area contributed by atoms with Gasteiger partial charge in [-0.2, -0.15) is 0 Å². The highest BCUT2D eigenvalue weighted by Gasteiger charge is 2.23. The molecule has 0 radical (unpaired) electrons.